The molecule has 6 nitrogen and oxygen atoms in total. The van der Waals surface area contributed by atoms with Crippen LogP contribution in [0, 0.1) is 11.6 Å². The van der Waals surface area contributed by atoms with Crippen LogP contribution >= 0.6 is 11.8 Å². The molecule has 1 aliphatic rings. The molecule has 0 aliphatic carbocycles. The van der Waals surface area contributed by atoms with Gasteiger partial charge in [0.15, 0.2) is 17.4 Å². The molecule has 0 radical (unpaired) electrons. The second kappa shape index (κ2) is 7.36. The molecular formula is C18H14F2N4O2S. The molecule has 0 spiro atoms. The summed E-state index contributed by atoms with van der Waals surface area (Å²) in [6, 6.07) is 12.0. The lowest BCUT2D eigenvalue weighted by atomic mass is 10.2. The van der Waals surface area contributed by atoms with Crippen molar-refractivity contribution in [2.45, 2.75) is 18.3 Å². The van der Waals surface area contributed by atoms with Gasteiger partial charge < -0.3 is 4.74 Å². The van der Waals surface area contributed by atoms with Gasteiger partial charge in [0, 0.05) is 0 Å². The summed E-state index contributed by atoms with van der Waals surface area (Å²) in [4.78, 5) is 12.5. The molecule has 9 heteroatoms. The van der Waals surface area contributed by atoms with Crippen molar-refractivity contribution in [3.8, 4) is 5.75 Å². The molecule has 2 heterocycles. The first-order valence-corrected chi connectivity index (χ1v) is 9.10. The number of carbonyl (C=O) groups excluding carboxylic acids is 1. The van der Waals surface area contributed by atoms with Crippen LogP contribution < -0.4 is 9.75 Å². The minimum atomic E-state index is -0.482. The fourth-order valence-corrected chi connectivity index (χ4v) is 3.48. The van der Waals surface area contributed by atoms with Gasteiger partial charge >= 0.3 is 0 Å². The molecule has 3 aromatic rings. The first kappa shape index (κ1) is 17.5. The van der Waals surface area contributed by atoms with Crippen LogP contribution in [0.5, 0.6) is 5.75 Å². The molecule has 1 amide bonds. The molecule has 0 N–H and O–H groups in total. The monoisotopic (exact) mass is 388 g/mol. The van der Waals surface area contributed by atoms with Crippen molar-refractivity contribution >= 4 is 17.7 Å². The molecule has 138 valence electrons. The van der Waals surface area contributed by atoms with Gasteiger partial charge in [-0.05, 0) is 29.8 Å². The van der Waals surface area contributed by atoms with Gasteiger partial charge in [0.25, 0.3) is 5.91 Å². The summed E-state index contributed by atoms with van der Waals surface area (Å²) in [6.45, 7) is 0.180. The summed E-state index contributed by atoms with van der Waals surface area (Å²) in [5, 5.41) is 10.2. The second-order valence-electron chi connectivity index (χ2n) is 5.80. The van der Waals surface area contributed by atoms with Gasteiger partial charge in [-0.15, -0.1) is 10.2 Å². The lowest BCUT2D eigenvalue weighted by Gasteiger charge is -2.29. The Morgan fingerprint density at radius 2 is 1.85 bits per heavy atom. The highest BCUT2D eigenvalue weighted by molar-refractivity contribution is 7.99. The van der Waals surface area contributed by atoms with Gasteiger partial charge in [-0.2, -0.15) is 0 Å². The van der Waals surface area contributed by atoms with Crippen molar-refractivity contribution in [2.24, 2.45) is 0 Å². The molecule has 0 saturated carbocycles. The van der Waals surface area contributed by atoms with E-state index in [1.54, 1.807) is 28.9 Å². The topological polar surface area (TPSA) is 60.2 Å². The quantitative estimate of drug-likeness (QED) is 0.673. The lowest BCUT2D eigenvalue weighted by molar-refractivity contribution is -0.118. The fraction of sp³-hybridized carbons (Fsp3) is 0.167. The summed E-state index contributed by atoms with van der Waals surface area (Å²) in [7, 11) is 0. The number of benzene rings is 2. The fourth-order valence-electron chi connectivity index (χ4n) is 2.66. The number of amides is 1. The Kier molecular flexibility index (Phi) is 4.76. The zero-order valence-electron chi connectivity index (χ0n) is 14.0. The average Bonchev–Trinajstić information content (AvgIpc) is 3.08. The molecule has 0 unspecified atom stereocenters. The Bertz CT molecular complexity index is 978. The van der Waals surface area contributed by atoms with E-state index in [2.05, 4.69) is 10.2 Å². The largest absolute Gasteiger partial charge is 0.482 e. The zero-order valence-corrected chi connectivity index (χ0v) is 14.8. The summed E-state index contributed by atoms with van der Waals surface area (Å²) in [6.07, 6.45) is 0. The van der Waals surface area contributed by atoms with Crippen LogP contribution in [0.2, 0.25) is 0 Å². The van der Waals surface area contributed by atoms with Gasteiger partial charge in [-0.3, -0.25) is 4.79 Å². The molecule has 0 atom stereocenters. The maximum atomic E-state index is 13.7. The van der Waals surface area contributed by atoms with Gasteiger partial charge in [0.1, 0.15) is 12.4 Å². The number of fused-ring (bicyclic) bond motifs is 1. The predicted octanol–water partition coefficient (Wildman–Crippen LogP) is 2.91. The minimum absolute atomic E-state index is 0.0539. The van der Waals surface area contributed by atoms with E-state index in [1.807, 2.05) is 0 Å². The molecule has 1 aliphatic heterocycles. The van der Waals surface area contributed by atoms with Gasteiger partial charge in [0.05, 0.1) is 12.3 Å². The number of rotatable bonds is 5. The Hall–Kier alpha value is -2.94. The highest BCUT2D eigenvalue weighted by Crippen LogP contribution is 2.25. The first-order valence-electron chi connectivity index (χ1n) is 8.11. The van der Waals surface area contributed by atoms with E-state index >= 15 is 0 Å². The molecule has 0 saturated heterocycles. The van der Waals surface area contributed by atoms with Crippen molar-refractivity contribution in [2.75, 3.05) is 10.8 Å². The highest BCUT2D eigenvalue weighted by Gasteiger charge is 2.29. The van der Waals surface area contributed by atoms with Crippen LogP contribution in [-0.4, -0.2) is 26.5 Å². The number of ether oxygens (including phenoxy) is 1. The van der Waals surface area contributed by atoms with Crippen LogP contribution in [0.4, 0.5) is 8.78 Å². The van der Waals surface area contributed by atoms with Crippen LogP contribution in [0.15, 0.2) is 53.7 Å². The Labute approximate surface area is 157 Å². The van der Waals surface area contributed by atoms with Crippen molar-refractivity contribution in [1.29, 1.82) is 0 Å². The minimum Gasteiger partial charge on any atom is -0.482 e. The third kappa shape index (κ3) is 3.63. The standard InChI is InChI=1S/C18H14F2N4O2S/c19-13-7-5-12(6-8-13)9-23-17(25)11-27-18-22-21-16(24(18)23)10-26-15-4-2-1-3-14(15)20/h1-8H,9-11H2. The zero-order chi connectivity index (χ0) is 18.8. The first-order chi connectivity index (χ1) is 13.1. The van der Waals surface area contributed by atoms with Gasteiger partial charge in [0.2, 0.25) is 5.16 Å². The number of hydrogen-bond acceptors (Lipinski definition) is 5. The number of carbonyl (C=O) groups is 1. The van der Waals surface area contributed by atoms with Crippen LogP contribution in [0.25, 0.3) is 0 Å². The molecule has 4 rings (SSSR count). The molecular weight excluding hydrogens is 374 g/mol. The number of para-hydroxylation sites is 1. The third-order valence-electron chi connectivity index (χ3n) is 3.97. The van der Waals surface area contributed by atoms with E-state index in [-0.39, 0.29) is 36.4 Å². The molecule has 1 aromatic heterocycles. The van der Waals surface area contributed by atoms with E-state index in [1.165, 1.54) is 41.0 Å². The Morgan fingerprint density at radius 1 is 1.07 bits per heavy atom. The number of hydrogen-bond donors (Lipinski definition) is 0. The number of halogens is 2. The van der Waals surface area contributed by atoms with Crippen LogP contribution in [-0.2, 0) is 17.9 Å². The second-order valence-corrected chi connectivity index (χ2v) is 6.74. The molecule has 2 aromatic carbocycles. The molecule has 0 bridgehead atoms. The summed E-state index contributed by atoms with van der Waals surface area (Å²) >= 11 is 1.27. The lowest BCUT2D eigenvalue weighted by Crippen LogP contribution is -2.45. The van der Waals surface area contributed by atoms with Gasteiger partial charge in [-0.25, -0.2) is 18.5 Å². The number of thioether (sulfide) groups is 1. The van der Waals surface area contributed by atoms with Crippen LogP contribution in [0.1, 0.15) is 11.4 Å². The van der Waals surface area contributed by atoms with Crippen molar-refractivity contribution in [1.82, 2.24) is 14.9 Å². The van der Waals surface area contributed by atoms with E-state index in [4.69, 9.17) is 4.74 Å². The Morgan fingerprint density at radius 3 is 2.63 bits per heavy atom. The predicted molar refractivity (Wildman–Crippen MR) is 94.8 cm³/mol. The van der Waals surface area contributed by atoms with E-state index < -0.39 is 5.82 Å². The Balaban J connectivity index is 1.59. The number of aromatic nitrogens is 3. The van der Waals surface area contributed by atoms with Crippen molar-refractivity contribution < 1.29 is 18.3 Å². The SMILES string of the molecule is O=C1CSc2nnc(COc3ccccc3F)n2N1Cc1ccc(F)cc1. The smallest absolute Gasteiger partial charge is 0.252 e. The molecule has 27 heavy (non-hydrogen) atoms. The average molecular weight is 388 g/mol. The van der Waals surface area contributed by atoms with Crippen molar-refractivity contribution in [3.63, 3.8) is 0 Å². The van der Waals surface area contributed by atoms with E-state index in [0.717, 1.165) is 5.56 Å². The maximum Gasteiger partial charge on any atom is 0.252 e. The summed E-state index contributed by atoms with van der Waals surface area (Å²) in [5.41, 5.74) is 0.761. The van der Waals surface area contributed by atoms with E-state index in [9.17, 15) is 13.6 Å². The summed E-state index contributed by atoms with van der Waals surface area (Å²) < 4.78 is 34.0. The van der Waals surface area contributed by atoms with Crippen molar-refractivity contribution in [3.05, 3.63) is 71.6 Å². The van der Waals surface area contributed by atoms with E-state index in [0.29, 0.717) is 11.0 Å². The molecule has 0 fully saturated rings. The maximum absolute atomic E-state index is 13.7. The van der Waals surface area contributed by atoms with Gasteiger partial charge in [-0.1, -0.05) is 36.0 Å². The third-order valence-corrected chi connectivity index (χ3v) is 4.87. The summed E-state index contributed by atoms with van der Waals surface area (Å²) in [5.74, 6) is -0.268. The highest BCUT2D eigenvalue weighted by atomic mass is 32.2. The number of nitrogens with zero attached hydrogens (tertiary/aromatic N) is 4. The van der Waals surface area contributed by atoms with Crippen LogP contribution in [0.3, 0.4) is 0 Å². The normalized spacial score (nSPS) is 13.6.